The van der Waals surface area contributed by atoms with Crippen molar-refractivity contribution in [1.82, 2.24) is 9.80 Å². The first-order valence-corrected chi connectivity index (χ1v) is 5.98. The van der Waals surface area contributed by atoms with Crippen molar-refractivity contribution in [2.75, 3.05) is 25.5 Å². The van der Waals surface area contributed by atoms with E-state index in [9.17, 15) is 24.5 Å². The fourth-order valence-electron chi connectivity index (χ4n) is 1.75. The Morgan fingerprint density at radius 1 is 1.19 bits per heavy atom. The number of amides is 4. The molecule has 0 aromatic heterocycles. The molecular weight excluding hydrogens is 280 g/mol. The Bertz CT molecular complexity index is 595. The van der Waals surface area contributed by atoms with E-state index in [-0.39, 0.29) is 18.8 Å². The molecule has 1 heterocycles. The highest BCUT2D eigenvalue weighted by Crippen LogP contribution is 2.16. The van der Waals surface area contributed by atoms with E-state index in [0.717, 1.165) is 9.80 Å². The summed E-state index contributed by atoms with van der Waals surface area (Å²) in [6.07, 6.45) is 0. The summed E-state index contributed by atoms with van der Waals surface area (Å²) in [5, 5.41) is 13.0. The van der Waals surface area contributed by atoms with Crippen LogP contribution in [0, 0.1) is 10.1 Å². The molecule has 4 amide bonds. The first kappa shape index (κ1) is 14.4. The zero-order valence-corrected chi connectivity index (χ0v) is 11.1. The topological polar surface area (TPSA) is 113 Å². The number of imide groups is 1. The Morgan fingerprint density at radius 3 is 2.19 bits per heavy atom. The van der Waals surface area contributed by atoms with E-state index in [0.29, 0.717) is 5.69 Å². The van der Waals surface area contributed by atoms with Gasteiger partial charge in [0.1, 0.15) is 13.1 Å². The van der Waals surface area contributed by atoms with Gasteiger partial charge in [0.2, 0.25) is 11.8 Å². The first-order valence-electron chi connectivity index (χ1n) is 5.98. The summed E-state index contributed by atoms with van der Waals surface area (Å²) in [5.74, 6) is -0.935. The van der Waals surface area contributed by atoms with Crippen LogP contribution in [0.5, 0.6) is 0 Å². The molecule has 2 rings (SSSR count). The lowest BCUT2D eigenvalue weighted by Crippen LogP contribution is -2.54. The standard InChI is InChI=1S/C12H12N4O5/c1-14-10(17)6-15(7-11(14)18)12(19)13-8-2-4-9(5-3-8)16(20)21/h2-5H,6-7H2,1H3,(H,13,19). The van der Waals surface area contributed by atoms with E-state index in [1.54, 1.807) is 0 Å². The fourth-order valence-corrected chi connectivity index (χ4v) is 1.75. The highest BCUT2D eigenvalue weighted by Gasteiger charge is 2.30. The molecule has 1 N–H and O–H groups in total. The Kier molecular flexibility index (Phi) is 3.83. The minimum absolute atomic E-state index is 0.0991. The quantitative estimate of drug-likeness (QED) is 0.482. The van der Waals surface area contributed by atoms with Crippen LogP contribution in [-0.4, -0.2) is 52.7 Å². The molecule has 110 valence electrons. The number of anilines is 1. The van der Waals surface area contributed by atoms with Crippen LogP contribution >= 0.6 is 0 Å². The monoisotopic (exact) mass is 292 g/mol. The van der Waals surface area contributed by atoms with Crippen LogP contribution in [0.1, 0.15) is 0 Å². The van der Waals surface area contributed by atoms with Gasteiger partial charge < -0.3 is 10.2 Å². The molecule has 1 aliphatic rings. The minimum Gasteiger partial charge on any atom is -0.308 e. The predicted octanol–water partition coefficient (Wildman–Crippen LogP) is 0.427. The molecule has 0 bridgehead atoms. The first-order chi connectivity index (χ1) is 9.88. The van der Waals surface area contributed by atoms with E-state index < -0.39 is 22.8 Å². The van der Waals surface area contributed by atoms with Gasteiger partial charge in [0.25, 0.3) is 5.69 Å². The third-order valence-electron chi connectivity index (χ3n) is 3.02. The number of hydrogen-bond donors (Lipinski definition) is 1. The molecule has 1 fully saturated rings. The largest absolute Gasteiger partial charge is 0.322 e. The van der Waals surface area contributed by atoms with Crippen molar-refractivity contribution in [3.8, 4) is 0 Å². The number of carbonyl (C=O) groups excluding carboxylic acids is 3. The maximum Gasteiger partial charge on any atom is 0.322 e. The molecule has 0 aliphatic carbocycles. The van der Waals surface area contributed by atoms with Crippen LogP contribution in [0.25, 0.3) is 0 Å². The Hall–Kier alpha value is -2.97. The highest BCUT2D eigenvalue weighted by molar-refractivity contribution is 6.04. The summed E-state index contributed by atoms with van der Waals surface area (Å²) in [5.41, 5.74) is 0.238. The third kappa shape index (κ3) is 3.14. The maximum atomic E-state index is 11.9. The van der Waals surface area contributed by atoms with Gasteiger partial charge in [-0.05, 0) is 12.1 Å². The van der Waals surface area contributed by atoms with E-state index in [1.165, 1.54) is 31.3 Å². The van der Waals surface area contributed by atoms with E-state index >= 15 is 0 Å². The molecule has 1 aliphatic heterocycles. The smallest absolute Gasteiger partial charge is 0.308 e. The number of nitrogens with zero attached hydrogens (tertiary/aromatic N) is 3. The molecular formula is C12H12N4O5. The molecule has 1 saturated heterocycles. The van der Waals surface area contributed by atoms with Crippen LogP contribution in [0.3, 0.4) is 0 Å². The second-order valence-electron chi connectivity index (χ2n) is 4.44. The van der Waals surface area contributed by atoms with Crippen molar-refractivity contribution in [2.45, 2.75) is 0 Å². The molecule has 0 spiro atoms. The number of nitrogens with one attached hydrogen (secondary N) is 1. The molecule has 21 heavy (non-hydrogen) atoms. The maximum absolute atomic E-state index is 11.9. The van der Waals surface area contributed by atoms with Crippen LogP contribution < -0.4 is 5.32 Å². The van der Waals surface area contributed by atoms with Gasteiger partial charge in [-0.25, -0.2) is 4.79 Å². The zero-order chi connectivity index (χ0) is 15.6. The third-order valence-corrected chi connectivity index (χ3v) is 3.02. The van der Waals surface area contributed by atoms with Gasteiger partial charge in [0, 0.05) is 24.9 Å². The number of piperazine rings is 1. The van der Waals surface area contributed by atoms with Crippen LogP contribution in [0.4, 0.5) is 16.2 Å². The number of rotatable bonds is 2. The molecule has 9 nitrogen and oxygen atoms in total. The van der Waals surface area contributed by atoms with Crippen molar-refractivity contribution < 1.29 is 19.3 Å². The number of nitro groups is 1. The van der Waals surface area contributed by atoms with Gasteiger partial charge in [-0.2, -0.15) is 0 Å². The molecule has 0 saturated carbocycles. The summed E-state index contributed by atoms with van der Waals surface area (Å²) >= 11 is 0. The van der Waals surface area contributed by atoms with Crippen molar-refractivity contribution in [2.24, 2.45) is 0 Å². The normalized spacial score (nSPS) is 15.1. The van der Waals surface area contributed by atoms with Gasteiger partial charge in [-0.15, -0.1) is 0 Å². The Balaban J connectivity index is 2.03. The number of carbonyl (C=O) groups is 3. The summed E-state index contributed by atoms with van der Waals surface area (Å²) in [6, 6.07) is 4.62. The lowest BCUT2D eigenvalue weighted by molar-refractivity contribution is -0.384. The second-order valence-corrected chi connectivity index (χ2v) is 4.44. The molecule has 9 heteroatoms. The van der Waals surface area contributed by atoms with Crippen LogP contribution in [0.2, 0.25) is 0 Å². The van der Waals surface area contributed by atoms with Gasteiger partial charge in [0.05, 0.1) is 4.92 Å². The van der Waals surface area contributed by atoms with Crippen molar-refractivity contribution >= 4 is 29.2 Å². The molecule has 0 atom stereocenters. The minimum atomic E-state index is -0.612. The molecule has 0 radical (unpaired) electrons. The molecule has 1 aromatic rings. The number of benzene rings is 1. The number of hydrogen-bond acceptors (Lipinski definition) is 5. The van der Waals surface area contributed by atoms with Crippen molar-refractivity contribution in [1.29, 1.82) is 0 Å². The number of non-ortho nitro benzene ring substituents is 1. The lowest BCUT2D eigenvalue weighted by Gasteiger charge is -2.30. The van der Waals surface area contributed by atoms with Gasteiger partial charge >= 0.3 is 6.03 Å². The van der Waals surface area contributed by atoms with Crippen LogP contribution in [-0.2, 0) is 9.59 Å². The van der Waals surface area contributed by atoms with E-state index in [2.05, 4.69) is 5.32 Å². The SMILES string of the molecule is CN1C(=O)CN(C(=O)Nc2ccc([N+](=O)[O-])cc2)CC1=O. The van der Waals surface area contributed by atoms with Gasteiger partial charge in [-0.3, -0.25) is 24.6 Å². The summed E-state index contributed by atoms with van der Waals surface area (Å²) in [6.45, 7) is -0.387. The average Bonchev–Trinajstić information content (AvgIpc) is 2.44. The molecule has 1 aromatic carbocycles. The Labute approximate surface area is 119 Å². The van der Waals surface area contributed by atoms with Crippen molar-refractivity contribution in [3.63, 3.8) is 0 Å². The summed E-state index contributed by atoms with van der Waals surface area (Å²) in [4.78, 5) is 46.9. The van der Waals surface area contributed by atoms with Crippen molar-refractivity contribution in [3.05, 3.63) is 34.4 Å². The average molecular weight is 292 g/mol. The highest BCUT2D eigenvalue weighted by atomic mass is 16.6. The van der Waals surface area contributed by atoms with Gasteiger partial charge in [-0.1, -0.05) is 0 Å². The zero-order valence-electron chi connectivity index (χ0n) is 11.1. The number of likely N-dealkylation sites (N-methyl/N-ethyl adjacent to an activating group) is 1. The fraction of sp³-hybridized carbons (Fsp3) is 0.250. The second kappa shape index (κ2) is 5.57. The van der Waals surface area contributed by atoms with Crippen LogP contribution in [0.15, 0.2) is 24.3 Å². The van der Waals surface area contributed by atoms with Gasteiger partial charge in [0.15, 0.2) is 0 Å². The number of urea groups is 1. The van der Waals surface area contributed by atoms with E-state index in [4.69, 9.17) is 0 Å². The van der Waals surface area contributed by atoms with E-state index in [1.807, 2.05) is 0 Å². The lowest BCUT2D eigenvalue weighted by atomic mass is 10.3. The predicted molar refractivity (Wildman–Crippen MR) is 71.5 cm³/mol. The number of nitro benzene ring substituents is 1. The molecule has 0 unspecified atom stereocenters. The summed E-state index contributed by atoms with van der Waals surface area (Å²) in [7, 11) is 1.36. The summed E-state index contributed by atoms with van der Waals surface area (Å²) < 4.78 is 0. The Morgan fingerprint density at radius 2 is 1.71 bits per heavy atom.